The highest BCUT2D eigenvalue weighted by Gasteiger charge is 2.22. The first kappa shape index (κ1) is 24.0. The van der Waals surface area contributed by atoms with E-state index in [9.17, 15) is 9.18 Å². The monoisotopic (exact) mass is 522 g/mol. The van der Waals surface area contributed by atoms with Crippen molar-refractivity contribution in [1.82, 2.24) is 30.0 Å². The van der Waals surface area contributed by atoms with Crippen LogP contribution in [-0.4, -0.2) is 37.2 Å². The van der Waals surface area contributed by atoms with Crippen LogP contribution in [0.15, 0.2) is 61.2 Å². The summed E-state index contributed by atoms with van der Waals surface area (Å²) in [6, 6.07) is 13.4. The second-order valence-corrected chi connectivity index (χ2v) is 9.36. The quantitative estimate of drug-likeness (QED) is 0.296. The van der Waals surface area contributed by atoms with Gasteiger partial charge in [-0.15, -0.1) is 10.2 Å². The molecule has 0 aliphatic carbocycles. The highest BCUT2D eigenvalue weighted by Crippen LogP contribution is 2.30. The zero-order valence-corrected chi connectivity index (χ0v) is 20.9. The highest BCUT2D eigenvalue weighted by atomic mass is 35.5. The van der Waals surface area contributed by atoms with Crippen LogP contribution in [0.2, 0.25) is 10.0 Å². The molecule has 2 N–H and O–H groups in total. The fraction of sp³-hybridized carbons (Fsp3) is 0.154. The number of nitrogens with one attached hydrogen (secondary N) is 2. The number of amides is 1. The minimum atomic E-state index is -0.435. The Morgan fingerprint density at radius 1 is 1.03 bits per heavy atom. The summed E-state index contributed by atoms with van der Waals surface area (Å²) in [4.78, 5) is 21.3. The van der Waals surface area contributed by atoms with Gasteiger partial charge in [0.25, 0.3) is 5.91 Å². The Hall–Kier alpha value is -3.75. The van der Waals surface area contributed by atoms with E-state index in [0.29, 0.717) is 11.5 Å². The molecule has 1 atom stereocenters. The molecule has 0 saturated heterocycles. The summed E-state index contributed by atoms with van der Waals surface area (Å²) in [5, 5.41) is 10.8. The molecule has 0 spiro atoms. The van der Waals surface area contributed by atoms with Crippen LogP contribution in [0.1, 0.15) is 38.8 Å². The third-order valence-corrected chi connectivity index (χ3v) is 6.75. The highest BCUT2D eigenvalue weighted by molar-refractivity contribution is 6.40. The number of H-pyrrole nitrogens is 1. The average Bonchev–Trinajstić information content (AvgIpc) is 3.51. The lowest BCUT2D eigenvalue weighted by Crippen LogP contribution is -2.30. The van der Waals surface area contributed by atoms with Gasteiger partial charge in [-0.3, -0.25) is 9.36 Å². The average molecular weight is 523 g/mol. The number of halogens is 3. The van der Waals surface area contributed by atoms with Gasteiger partial charge in [0.05, 0.1) is 38.2 Å². The number of carbonyl (C=O) groups is 1. The molecule has 5 rings (SSSR count). The van der Waals surface area contributed by atoms with Gasteiger partial charge in [-0.05, 0) is 66.9 Å². The number of hydrogen-bond acceptors (Lipinski definition) is 4. The lowest BCUT2D eigenvalue weighted by Gasteiger charge is -2.17. The van der Waals surface area contributed by atoms with E-state index in [1.54, 1.807) is 28.8 Å². The number of aromatic nitrogens is 5. The number of benzene rings is 3. The molecule has 2 heterocycles. The summed E-state index contributed by atoms with van der Waals surface area (Å²) in [7, 11) is 0. The van der Waals surface area contributed by atoms with Gasteiger partial charge in [0.1, 0.15) is 24.3 Å². The molecule has 0 aliphatic heterocycles. The first-order chi connectivity index (χ1) is 17.3. The second kappa shape index (κ2) is 9.72. The molecule has 1 amide bonds. The van der Waals surface area contributed by atoms with Crippen LogP contribution >= 0.6 is 23.2 Å². The lowest BCUT2D eigenvalue weighted by atomic mass is 9.98. The maximum absolute atomic E-state index is 13.6. The van der Waals surface area contributed by atoms with Gasteiger partial charge in [0.2, 0.25) is 0 Å². The fourth-order valence-corrected chi connectivity index (χ4v) is 4.71. The van der Waals surface area contributed by atoms with Gasteiger partial charge < -0.3 is 10.3 Å². The molecule has 182 valence electrons. The Labute approximate surface area is 216 Å². The summed E-state index contributed by atoms with van der Waals surface area (Å²) in [5.74, 6) is -0.488. The third-order valence-electron chi connectivity index (χ3n) is 6.16. The molecule has 0 unspecified atom stereocenters. The van der Waals surface area contributed by atoms with E-state index in [0.717, 1.165) is 27.7 Å². The van der Waals surface area contributed by atoms with E-state index in [2.05, 4.69) is 20.5 Å². The van der Waals surface area contributed by atoms with Crippen LogP contribution in [0.4, 0.5) is 4.39 Å². The van der Waals surface area contributed by atoms with Gasteiger partial charge >= 0.3 is 0 Å². The van der Waals surface area contributed by atoms with Crippen LogP contribution in [0.25, 0.3) is 16.7 Å². The number of fused-ring (bicyclic) bond motifs is 1. The minimum Gasteiger partial charge on any atom is -0.351 e. The van der Waals surface area contributed by atoms with Crippen molar-refractivity contribution >= 4 is 40.1 Å². The van der Waals surface area contributed by atoms with Crippen molar-refractivity contribution < 1.29 is 9.18 Å². The Morgan fingerprint density at radius 2 is 1.67 bits per heavy atom. The molecule has 3 aromatic carbocycles. The summed E-state index contributed by atoms with van der Waals surface area (Å²) in [6.45, 7) is 4.25. The summed E-state index contributed by atoms with van der Waals surface area (Å²) < 4.78 is 15.3. The second-order valence-electron chi connectivity index (χ2n) is 8.54. The molecule has 7 nitrogen and oxygen atoms in total. The van der Waals surface area contributed by atoms with E-state index in [4.69, 9.17) is 28.2 Å². The number of rotatable bonds is 6. The number of aromatic amines is 1. The van der Waals surface area contributed by atoms with E-state index >= 15 is 0 Å². The predicted octanol–water partition coefficient (Wildman–Crippen LogP) is 5.77. The Bertz CT molecular complexity index is 1500. The molecule has 0 radical (unpaired) electrons. The number of carbonyl (C=O) groups excluding carboxylic acids is 1. The molecule has 0 fully saturated rings. The molecule has 36 heavy (non-hydrogen) atoms. The van der Waals surface area contributed by atoms with Gasteiger partial charge in [-0.25, -0.2) is 9.37 Å². The van der Waals surface area contributed by atoms with Crippen molar-refractivity contribution in [2.45, 2.75) is 19.8 Å². The number of imidazole rings is 1. The van der Waals surface area contributed by atoms with Crippen LogP contribution < -0.4 is 5.32 Å². The molecule has 0 bridgehead atoms. The van der Waals surface area contributed by atoms with Crippen LogP contribution in [0.5, 0.6) is 0 Å². The summed E-state index contributed by atoms with van der Waals surface area (Å²) >= 11 is 12.9. The first-order valence-electron chi connectivity index (χ1n) is 11.1. The normalized spacial score (nSPS) is 12.1. The molecule has 2 aromatic heterocycles. The van der Waals surface area contributed by atoms with Crippen molar-refractivity contribution in [2.75, 3.05) is 6.54 Å². The van der Waals surface area contributed by atoms with Gasteiger partial charge in [0.15, 0.2) is 0 Å². The molecule has 0 aliphatic rings. The van der Waals surface area contributed by atoms with Gasteiger partial charge in [0, 0.05) is 6.54 Å². The van der Waals surface area contributed by atoms with Gasteiger partial charge in [-0.2, -0.15) is 0 Å². The maximum Gasteiger partial charge on any atom is 0.254 e. The van der Waals surface area contributed by atoms with Crippen molar-refractivity contribution in [3.05, 3.63) is 105 Å². The van der Waals surface area contributed by atoms with Crippen molar-refractivity contribution in [3.63, 3.8) is 0 Å². The van der Waals surface area contributed by atoms with Crippen LogP contribution in [0.3, 0.4) is 0 Å². The number of aryl methyl sites for hydroxylation is 2. The Balaban J connectivity index is 1.45. The van der Waals surface area contributed by atoms with Crippen molar-refractivity contribution in [2.24, 2.45) is 0 Å². The Kier molecular flexibility index (Phi) is 6.47. The summed E-state index contributed by atoms with van der Waals surface area (Å²) in [6.07, 6.45) is 3.01. The van der Waals surface area contributed by atoms with Crippen LogP contribution in [0, 0.1) is 19.7 Å². The summed E-state index contributed by atoms with van der Waals surface area (Å²) in [5.41, 5.74) is 5.57. The van der Waals surface area contributed by atoms with E-state index in [1.165, 1.54) is 24.8 Å². The zero-order valence-electron chi connectivity index (χ0n) is 19.4. The van der Waals surface area contributed by atoms with E-state index < -0.39 is 5.91 Å². The van der Waals surface area contributed by atoms with Crippen LogP contribution in [-0.2, 0) is 0 Å². The first-order valence-corrected chi connectivity index (χ1v) is 11.9. The fourth-order valence-electron chi connectivity index (χ4n) is 4.06. The SMILES string of the molecule is Cc1cc2nc([C@@H](CNC(=O)c3c(Cl)cc(-n4cnnc4)cc3Cl)c3ccc(F)cc3)[nH]c2cc1C. The minimum absolute atomic E-state index is 0.156. The molecular weight excluding hydrogens is 502 g/mol. The maximum atomic E-state index is 13.6. The van der Waals surface area contributed by atoms with E-state index in [-0.39, 0.29) is 33.9 Å². The van der Waals surface area contributed by atoms with E-state index in [1.807, 2.05) is 26.0 Å². The number of hydrogen-bond donors (Lipinski definition) is 2. The smallest absolute Gasteiger partial charge is 0.254 e. The third kappa shape index (κ3) is 4.69. The Morgan fingerprint density at radius 3 is 2.33 bits per heavy atom. The number of nitrogens with zero attached hydrogens (tertiary/aromatic N) is 4. The standard InChI is InChI=1S/C26H21Cl2FN6O/c1-14-7-22-23(8-15(14)2)34-25(33-22)19(16-3-5-17(29)6-4-16)11-30-26(36)24-20(27)9-18(10-21(24)28)35-12-31-32-13-35/h3-10,12-13,19H,11H2,1-2H3,(H,30,36)(H,33,34)/t19-/m0/s1. The lowest BCUT2D eigenvalue weighted by molar-refractivity contribution is 0.0952. The van der Waals surface area contributed by atoms with Crippen molar-refractivity contribution in [3.8, 4) is 5.69 Å². The predicted molar refractivity (Wildman–Crippen MR) is 138 cm³/mol. The molecule has 5 aromatic rings. The zero-order chi connectivity index (χ0) is 25.4. The molecule has 0 saturated carbocycles. The topological polar surface area (TPSA) is 88.5 Å². The van der Waals surface area contributed by atoms with Gasteiger partial charge in [-0.1, -0.05) is 35.3 Å². The van der Waals surface area contributed by atoms with Crippen molar-refractivity contribution in [1.29, 1.82) is 0 Å². The largest absolute Gasteiger partial charge is 0.351 e. The molecule has 10 heteroatoms. The molecular formula is C26H21Cl2FN6O.